The van der Waals surface area contributed by atoms with E-state index in [1.807, 2.05) is 25.1 Å². The van der Waals surface area contributed by atoms with E-state index in [0.717, 1.165) is 35.1 Å². The van der Waals surface area contributed by atoms with Crippen molar-refractivity contribution in [2.45, 2.75) is 19.8 Å². The summed E-state index contributed by atoms with van der Waals surface area (Å²) in [5.41, 5.74) is 1.89. The minimum Gasteiger partial charge on any atom is -0.310 e. The minimum atomic E-state index is -0.0433. The fourth-order valence-corrected chi connectivity index (χ4v) is 2.12. The molecular formula is C12H13BrN2O. The van der Waals surface area contributed by atoms with Crippen molar-refractivity contribution in [1.82, 2.24) is 9.97 Å². The molecule has 1 aromatic carbocycles. The lowest BCUT2D eigenvalue weighted by molar-refractivity contribution is 0.943. The number of halogens is 1. The van der Waals surface area contributed by atoms with Gasteiger partial charge < -0.3 is 4.98 Å². The number of hydrogen-bond acceptors (Lipinski definition) is 2. The highest BCUT2D eigenvalue weighted by atomic mass is 79.9. The molecule has 0 bridgehead atoms. The van der Waals surface area contributed by atoms with Crippen LogP contribution in [0.3, 0.4) is 0 Å². The van der Waals surface area contributed by atoms with Gasteiger partial charge in [-0.05, 0) is 24.1 Å². The first kappa shape index (κ1) is 11.3. The van der Waals surface area contributed by atoms with Crippen LogP contribution in [0.25, 0.3) is 10.9 Å². The summed E-state index contributed by atoms with van der Waals surface area (Å²) >= 11 is 3.39. The Kier molecular flexibility index (Phi) is 3.39. The van der Waals surface area contributed by atoms with Crippen LogP contribution in [0.15, 0.2) is 23.0 Å². The van der Waals surface area contributed by atoms with Gasteiger partial charge in [0.1, 0.15) is 5.82 Å². The second-order valence-corrected chi connectivity index (χ2v) is 4.45. The molecule has 0 saturated heterocycles. The first-order valence-electron chi connectivity index (χ1n) is 5.32. The molecule has 0 fully saturated rings. The Morgan fingerprint density at radius 2 is 2.25 bits per heavy atom. The van der Waals surface area contributed by atoms with Crippen molar-refractivity contribution in [3.8, 4) is 0 Å². The molecule has 0 aliphatic carbocycles. The Balaban J connectivity index is 2.61. The van der Waals surface area contributed by atoms with E-state index in [1.165, 1.54) is 0 Å². The lowest BCUT2D eigenvalue weighted by Crippen LogP contribution is -2.11. The summed E-state index contributed by atoms with van der Waals surface area (Å²) in [6.07, 6.45) is 1.67. The van der Waals surface area contributed by atoms with Gasteiger partial charge >= 0.3 is 0 Å². The second kappa shape index (κ2) is 4.78. The monoisotopic (exact) mass is 280 g/mol. The van der Waals surface area contributed by atoms with Crippen molar-refractivity contribution in [2.75, 3.05) is 5.33 Å². The summed E-state index contributed by atoms with van der Waals surface area (Å²) < 4.78 is 0. The van der Waals surface area contributed by atoms with Gasteiger partial charge in [0, 0.05) is 11.8 Å². The predicted octanol–water partition coefficient (Wildman–Crippen LogP) is 2.42. The summed E-state index contributed by atoms with van der Waals surface area (Å²) in [4.78, 5) is 19.0. The van der Waals surface area contributed by atoms with E-state index in [0.29, 0.717) is 5.39 Å². The smallest absolute Gasteiger partial charge is 0.258 e. The Morgan fingerprint density at radius 3 is 2.94 bits per heavy atom. The first-order chi connectivity index (χ1) is 7.74. The lowest BCUT2D eigenvalue weighted by Gasteiger charge is -2.02. The molecule has 1 aromatic heterocycles. The number of aromatic nitrogens is 2. The Hall–Kier alpha value is -1.16. The zero-order valence-corrected chi connectivity index (χ0v) is 10.7. The summed E-state index contributed by atoms with van der Waals surface area (Å²) in [6, 6.07) is 5.86. The molecule has 2 aromatic rings. The van der Waals surface area contributed by atoms with Crippen molar-refractivity contribution in [3.63, 3.8) is 0 Å². The SMILES string of the molecule is CCc1nc2ccc(CCBr)cc2c(=O)[nH]1. The van der Waals surface area contributed by atoms with Crippen LogP contribution in [0.5, 0.6) is 0 Å². The van der Waals surface area contributed by atoms with Crippen LogP contribution < -0.4 is 5.56 Å². The predicted molar refractivity (Wildman–Crippen MR) is 69.2 cm³/mol. The molecule has 0 aliphatic rings. The third-order valence-electron chi connectivity index (χ3n) is 2.54. The van der Waals surface area contributed by atoms with Gasteiger partial charge in [0.2, 0.25) is 0 Å². The van der Waals surface area contributed by atoms with Gasteiger partial charge in [-0.3, -0.25) is 4.79 Å². The molecule has 0 amide bonds. The van der Waals surface area contributed by atoms with Gasteiger partial charge in [-0.1, -0.05) is 28.9 Å². The molecule has 84 valence electrons. The number of rotatable bonds is 3. The van der Waals surface area contributed by atoms with E-state index in [4.69, 9.17) is 0 Å². The average Bonchev–Trinajstić information content (AvgIpc) is 2.30. The normalized spacial score (nSPS) is 10.9. The maximum absolute atomic E-state index is 11.8. The molecule has 4 heteroatoms. The van der Waals surface area contributed by atoms with Crippen LogP contribution in [0.1, 0.15) is 18.3 Å². The Labute approximate surface area is 102 Å². The lowest BCUT2D eigenvalue weighted by atomic mass is 10.1. The number of nitrogens with zero attached hydrogens (tertiary/aromatic N) is 1. The maximum atomic E-state index is 11.8. The highest BCUT2D eigenvalue weighted by molar-refractivity contribution is 9.09. The van der Waals surface area contributed by atoms with Gasteiger partial charge in [0.05, 0.1) is 10.9 Å². The van der Waals surface area contributed by atoms with Crippen molar-refractivity contribution in [1.29, 1.82) is 0 Å². The summed E-state index contributed by atoms with van der Waals surface area (Å²) in [7, 11) is 0. The summed E-state index contributed by atoms with van der Waals surface area (Å²) in [5.74, 6) is 0.741. The van der Waals surface area contributed by atoms with Crippen LogP contribution in [-0.4, -0.2) is 15.3 Å². The first-order valence-corrected chi connectivity index (χ1v) is 6.44. The topological polar surface area (TPSA) is 45.8 Å². The van der Waals surface area contributed by atoms with Gasteiger partial charge in [0.25, 0.3) is 5.56 Å². The second-order valence-electron chi connectivity index (χ2n) is 3.66. The molecule has 1 N–H and O–H groups in total. The number of aromatic amines is 1. The molecule has 0 unspecified atom stereocenters. The Morgan fingerprint density at radius 1 is 1.44 bits per heavy atom. The molecule has 1 heterocycles. The Bertz CT molecular complexity index is 562. The molecule has 0 saturated carbocycles. The largest absolute Gasteiger partial charge is 0.310 e. The molecule has 0 spiro atoms. The zero-order chi connectivity index (χ0) is 11.5. The van der Waals surface area contributed by atoms with Crippen LogP contribution in [0.4, 0.5) is 0 Å². The number of H-pyrrole nitrogens is 1. The van der Waals surface area contributed by atoms with Gasteiger partial charge in [0.15, 0.2) is 0 Å². The third-order valence-corrected chi connectivity index (χ3v) is 2.93. The standard InChI is InChI=1S/C12H13BrN2O/c1-2-11-14-10-4-3-8(5-6-13)7-9(10)12(16)15-11/h3-4,7H,2,5-6H2,1H3,(H,14,15,16). The number of alkyl halides is 1. The third kappa shape index (κ3) is 2.16. The number of fused-ring (bicyclic) bond motifs is 1. The van der Waals surface area contributed by atoms with Crippen molar-refractivity contribution < 1.29 is 0 Å². The maximum Gasteiger partial charge on any atom is 0.258 e. The van der Waals surface area contributed by atoms with E-state index in [1.54, 1.807) is 0 Å². The van der Waals surface area contributed by atoms with Gasteiger partial charge in [-0.25, -0.2) is 4.98 Å². The van der Waals surface area contributed by atoms with E-state index >= 15 is 0 Å². The molecule has 0 atom stereocenters. The summed E-state index contributed by atoms with van der Waals surface area (Å²) in [5, 5.41) is 1.58. The van der Waals surface area contributed by atoms with Crippen LogP contribution in [-0.2, 0) is 12.8 Å². The molecule has 2 rings (SSSR count). The van der Waals surface area contributed by atoms with Crippen molar-refractivity contribution in [3.05, 3.63) is 39.9 Å². The fourth-order valence-electron chi connectivity index (χ4n) is 1.67. The van der Waals surface area contributed by atoms with Crippen LogP contribution in [0, 0.1) is 0 Å². The van der Waals surface area contributed by atoms with E-state index in [-0.39, 0.29) is 5.56 Å². The summed E-state index contributed by atoms with van der Waals surface area (Å²) in [6.45, 7) is 1.98. The van der Waals surface area contributed by atoms with Gasteiger partial charge in [-0.15, -0.1) is 0 Å². The van der Waals surface area contributed by atoms with Crippen LogP contribution >= 0.6 is 15.9 Å². The van der Waals surface area contributed by atoms with Crippen molar-refractivity contribution in [2.24, 2.45) is 0 Å². The molecule has 0 aliphatic heterocycles. The van der Waals surface area contributed by atoms with E-state index < -0.39 is 0 Å². The average molecular weight is 281 g/mol. The fraction of sp³-hybridized carbons (Fsp3) is 0.333. The van der Waals surface area contributed by atoms with Crippen molar-refractivity contribution >= 4 is 26.8 Å². The molecule has 0 radical (unpaired) electrons. The molecule has 16 heavy (non-hydrogen) atoms. The van der Waals surface area contributed by atoms with E-state index in [9.17, 15) is 4.79 Å². The molecular weight excluding hydrogens is 268 g/mol. The number of aryl methyl sites for hydroxylation is 2. The van der Waals surface area contributed by atoms with Crippen LogP contribution in [0.2, 0.25) is 0 Å². The number of hydrogen-bond donors (Lipinski definition) is 1. The molecule has 3 nitrogen and oxygen atoms in total. The van der Waals surface area contributed by atoms with E-state index in [2.05, 4.69) is 25.9 Å². The highest BCUT2D eigenvalue weighted by Crippen LogP contribution is 2.11. The number of benzene rings is 1. The van der Waals surface area contributed by atoms with Gasteiger partial charge in [-0.2, -0.15) is 0 Å². The number of nitrogens with one attached hydrogen (secondary N) is 1. The minimum absolute atomic E-state index is 0.0433. The quantitative estimate of drug-likeness (QED) is 0.878. The zero-order valence-electron chi connectivity index (χ0n) is 9.09. The highest BCUT2D eigenvalue weighted by Gasteiger charge is 2.03.